The lowest BCUT2D eigenvalue weighted by molar-refractivity contribution is 0.0895. The summed E-state index contributed by atoms with van der Waals surface area (Å²) < 4.78 is 5.25. The van der Waals surface area contributed by atoms with Crippen LogP contribution in [0.4, 0.5) is 0 Å². The number of ether oxygens (including phenoxy) is 1. The molecule has 2 N–H and O–H groups in total. The van der Waals surface area contributed by atoms with E-state index in [2.05, 4.69) is 15.6 Å². The van der Waals surface area contributed by atoms with Crippen molar-refractivity contribution in [1.82, 2.24) is 15.6 Å². The number of aryl methyl sites for hydroxylation is 1. The van der Waals surface area contributed by atoms with Crippen LogP contribution in [0.5, 0.6) is 0 Å². The van der Waals surface area contributed by atoms with Crippen molar-refractivity contribution in [3.63, 3.8) is 0 Å². The molecule has 18 heavy (non-hydrogen) atoms. The smallest absolute Gasteiger partial charge is 0.263 e. The number of aromatic nitrogens is 1. The fourth-order valence-electron chi connectivity index (χ4n) is 2.27. The van der Waals surface area contributed by atoms with E-state index in [0.717, 1.165) is 24.4 Å². The second kappa shape index (κ2) is 5.77. The summed E-state index contributed by atoms with van der Waals surface area (Å²) in [6.07, 6.45) is 3.78. The first kappa shape index (κ1) is 13.5. The number of carbonyl (C=O) groups excluding carboxylic acids is 1. The van der Waals surface area contributed by atoms with Gasteiger partial charge in [-0.3, -0.25) is 4.79 Å². The second-order valence-electron chi connectivity index (χ2n) is 4.67. The highest BCUT2D eigenvalue weighted by Crippen LogP contribution is 2.19. The lowest BCUT2D eigenvalue weighted by Gasteiger charge is -2.28. The third-order valence-corrected chi connectivity index (χ3v) is 4.10. The number of methoxy groups -OCH3 is 1. The third kappa shape index (κ3) is 3.07. The fraction of sp³-hybridized carbons (Fsp3) is 0.667. The monoisotopic (exact) mass is 269 g/mol. The zero-order chi connectivity index (χ0) is 13.0. The van der Waals surface area contributed by atoms with Gasteiger partial charge in [0.15, 0.2) is 0 Å². The van der Waals surface area contributed by atoms with Gasteiger partial charge in [0.1, 0.15) is 4.88 Å². The van der Waals surface area contributed by atoms with Gasteiger partial charge in [0, 0.05) is 13.7 Å². The molecule has 0 bridgehead atoms. The van der Waals surface area contributed by atoms with Crippen LogP contribution in [0.25, 0.3) is 0 Å². The summed E-state index contributed by atoms with van der Waals surface area (Å²) in [5.41, 5.74) is -0.107. The molecule has 0 spiro atoms. The Labute approximate surface area is 111 Å². The molecule has 6 heteroatoms. The van der Waals surface area contributed by atoms with Crippen molar-refractivity contribution in [1.29, 1.82) is 0 Å². The van der Waals surface area contributed by atoms with Crippen molar-refractivity contribution >= 4 is 17.2 Å². The predicted octanol–water partition coefficient (Wildman–Crippen LogP) is 0.950. The molecule has 2 heterocycles. The molecule has 1 aliphatic rings. The Bertz CT molecular complexity index is 413. The topological polar surface area (TPSA) is 63.2 Å². The van der Waals surface area contributed by atoms with Gasteiger partial charge in [-0.2, -0.15) is 0 Å². The van der Waals surface area contributed by atoms with E-state index in [0.29, 0.717) is 18.0 Å². The summed E-state index contributed by atoms with van der Waals surface area (Å²) >= 11 is 1.42. The Morgan fingerprint density at radius 1 is 1.72 bits per heavy atom. The quantitative estimate of drug-likeness (QED) is 0.835. The molecule has 1 aliphatic heterocycles. The van der Waals surface area contributed by atoms with Crippen LogP contribution in [-0.4, -0.2) is 43.2 Å². The van der Waals surface area contributed by atoms with Crippen LogP contribution in [0, 0.1) is 6.92 Å². The number of amides is 1. The molecule has 0 aromatic carbocycles. The summed E-state index contributed by atoms with van der Waals surface area (Å²) in [5.74, 6) is -0.0511. The SMILES string of the molecule is COCC1(CNC(=O)c2cnc(C)s2)CCCN1. The minimum absolute atomic E-state index is 0.0511. The van der Waals surface area contributed by atoms with Crippen LogP contribution in [0.1, 0.15) is 27.5 Å². The molecule has 2 rings (SSSR count). The fourth-order valence-corrected chi connectivity index (χ4v) is 2.97. The Balaban J connectivity index is 1.91. The number of thiazole rings is 1. The average molecular weight is 269 g/mol. The van der Waals surface area contributed by atoms with E-state index in [-0.39, 0.29) is 11.4 Å². The van der Waals surface area contributed by atoms with Crippen LogP contribution < -0.4 is 10.6 Å². The van der Waals surface area contributed by atoms with E-state index in [1.807, 2.05) is 6.92 Å². The number of nitrogens with zero attached hydrogens (tertiary/aromatic N) is 1. The molecular weight excluding hydrogens is 250 g/mol. The summed E-state index contributed by atoms with van der Waals surface area (Å²) in [7, 11) is 1.69. The molecule has 0 aliphatic carbocycles. The molecule has 1 unspecified atom stereocenters. The van der Waals surface area contributed by atoms with Crippen molar-refractivity contribution in [2.45, 2.75) is 25.3 Å². The summed E-state index contributed by atoms with van der Waals surface area (Å²) in [6, 6.07) is 0. The van der Waals surface area contributed by atoms with Gasteiger partial charge in [0.05, 0.1) is 23.4 Å². The molecule has 0 radical (unpaired) electrons. The zero-order valence-corrected chi connectivity index (χ0v) is 11.6. The molecule has 1 amide bonds. The number of hydrogen-bond donors (Lipinski definition) is 2. The highest BCUT2D eigenvalue weighted by atomic mass is 32.1. The minimum atomic E-state index is -0.107. The van der Waals surface area contributed by atoms with Crippen molar-refractivity contribution in [2.75, 3.05) is 26.8 Å². The van der Waals surface area contributed by atoms with Gasteiger partial charge >= 0.3 is 0 Å². The first-order valence-corrected chi connectivity index (χ1v) is 6.91. The van der Waals surface area contributed by atoms with Gasteiger partial charge in [0.2, 0.25) is 0 Å². The van der Waals surface area contributed by atoms with Gasteiger partial charge in [-0.25, -0.2) is 4.98 Å². The molecular formula is C12H19N3O2S. The summed E-state index contributed by atoms with van der Waals surface area (Å²) in [6.45, 7) is 4.09. The second-order valence-corrected chi connectivity index (χ2v) is 5.90. The van der Waals surface area contributed by atoms with E-state index in [1.165, 1.54) is 11.3 Å². The van der Waals surface area contributed by atoms with E-state index in [1.54, 1.807) is 13.3 Å². The standard InChI is InChI=1S/C12H19N3O2S/c1-9-13-6-10(18-9)11(16)14-7-12(8-17-2)4-3-5-15-12/h6,15H,3-5,7-8H2,1-2H3,(H,14,16). The number of carbonyl (C=O) groups is 1. The zero-order valence-electron chi connectivity index (χ0n) is 10.8. The number of nitrogens with one attached hydrogen (secondary N) is 2. The molecule has 1 aromatic rings. The Hall–Kier alpha value is -0.980. The van der Waals surface area contributed by atoms with Crippen molar-refractivity contribution in [3.8, 4) is 0 Å². The summed E-state index contributed by atoms with van der Waals surface area (Å²) in [4.78, 5) is 16.7. The lowest BCUT2D eigenvalue weighted by atomic mass is 9.98. The maximum Gasteiger partial charge on any atom is 0.263 e. The van der Waals surface area contributed by atoms with E-state index < -0.39 is 0 Å². The van der Waals surface area contributed by atoms with E-state index >= 15 is 0 Å². The van der Waals surface area contributed by atoms with Crippen LogP contribution in [0.3, 0.4) is 0 Å². The van der Waals surface area contributed by atoms with E-state index in [9.17, 15) is 4.79 Å². The van der Waals surface area contributed by atoms with Crippen LogP contribution in [0.15, 0.2) is 6.20 Å². The maximum atomic E-state index is 12.0. The highest BCUT2D eigenvalue weighted by Gasteiger charge is 2.33. The van der Waals surface area contributed by atoms with Crippen molar-refractivity contribution in [2.24, 2.45) is 0 Å². The first-order valence-electron chi connectivity index (χ1n) is 6.10. The van der Waals surface area contributed by atoms with Crippen LogP contribution in [-0.2, 0) is 4.74 Å². The molecule has 1 aromatic heterocycles. The minimum Gasteiger partial charge on any atom is -0.383 e. The van der Waals surface area contributed by atoms with Gasteiger partial charge in [-0.15, -0.1) is 11.3 Å². The molecule has 1 fully saturated rings. The third-order valence-electron chi connectivity index (χ3n) is 3.19. The highest BCUT2D eigenvalue weighted by molar-refractivity contribution is 7.13. The lowest BCUT2D eigenvalue weighted by Crippen LogP contribution is -2.52. The normalized spacial score (nSPS) is 23.2. The van der Waals surface area contributed by atoms with Gasteiger partial charge in [-0.05, 0) is 26.3 Å². The molecule has 1 saturated heterocycles. The van der Waals surface area contributed by atoms with E-state index in [4.69, 9.17) is 4.74 Å². The largest absolute Gasteiger partial charge is 0.383 e. The Morgan fingerprint density at radius 2 is 2.56 bits per heavy atom. The van der Waals surface area contributed by atoms with Gasteiger partial charge < -0.3 is 15.4 Å². The van der Waals surface area contributed by atoms with Crippen LogP contribution >= 0.6 is 11.3 Å². The predicted molar refractivity (Wildman–Crippen MR) is 71.0 cm³/mol. The van der Waals surface area contributed by atoms with Crippen molar-refractivity contribution in [3.05, 3.63) is 16.1 Å². The summed E-state index contributed by atoms with van der Waals surface area (Å²) in [5, 5.41) is 7.31. The Kier molecular flexibility index (Phi) is 4.31. The average Bonchev–Trinajstić information content (AvgIpc) is 2.97. The van der Waals surface area contributed by atoms with Gasteiger partial charge in [-0.1, -0.05) is 0 Å². The number of rotatable bonds is 5. The molecule has 0 saturated carbocycles. The molecule has 5 nitrogen and oxygen atoms in total. The number of hydrogen-bond acceptors (Lipinski definition) is 5. The van der Waals surface area contributed by atoms with Gasteiger partial charge in [0.25, 0.3) is 5.91 Å². The van der Waals surface area contributed by atoms with Crippen LogP contribution in [0.2, 0.25) is 0 Å². The maximum absolute atomic E-state index is 12.0. The first-order chi connectivity index (χ1) is 8.65. The molecule has 100 valence electrons. The Morgan fingerprint density at radius 3 is 3.11 bits per heavy atom. The van der Waals surface area contributed by atoms with Crippen molar-refractivity contribution < 1.29 is 9.53 Å². The molecule has 1 atom stereocenters.